The fourth-order valence-electron chi connectivity index (χ4n) is 3.45. The number of nitrogens with one attached hydrogen (secondary N) is 2. The second-order valence-electron chi connectivity index (χ2n) is 6.95. The Bertz CT molecular complexity index is 714. The lowest BCUT2D eigenvalue weighted by Gasteiger charge is -2.20. The van der Waals surface area contributed by atoms with E-state index in [9.17, 15) is 4.79 Å². The maximum absolute atomic E-state index is 12.2. The Morgan fingerprint density at radius 2 is 1.81 bits per heavy atom. The Morgan fingerprint density at radius 3 is 2.58 bits per heavy atom. The van der Waals surface area contributed by atoms with Crippen LogP contribution in [0.5, 0.6) is 0 Å². The topological polar surface area (TPSA) is 50.4 Å². The molecule has 1 saturated carbocycles. The largest absolute Gasteiger partial charge is 0.298 e. The smallest absolute Gasteiger partial charge is 0.274 e. The van der Waals surface area contributed by atoms with E-state index in [1.807, 2.05) is 36.4 Å². The molecular weight excluding hydrogens is 348 g/mol. The van der Waals surface area contributed by atoms with Crippen LogP contribution in [0.3, 0.4) is 0 Å². The first-order valence-electron chi connectivity index (χ1n) is 9.53. The van der Waals surface area contributed by atoms with Crippen molar-refractivity contribution < 1.29 is 9.63 Å². The maximum Gasteiger partial charge on any atom is 0.274 e. The van der Waals surface area contributed by atoms with Crippen LogP contribution in [0, 0.1) is 0 Å². The van der Waals surface area contributed by atoms with Crippen molar-refractivity contribution in [1.82, 2.24) is 10.8 Å². The second kappa shape index (κ2) is 9.91. The number of hydrogen-bond acceptors (Lipinski definition) is 3. The molecule has 4 nitrogen and oxygen atoms in total. The van der Waals surface area contributed by atoms with E-state index in [1.54, 1.807) is 6.07 Å². The highest BCUT2D eigenvalue weighted by molar-refractivity contribution is 6.20. The summed E-state index contributed by atoms with van der Waals surface area (Å²) in [5.41, 5.74) is 2.96. The summed E-state index contributed by atoms with van der Waals surface area (Å²) < 4.78 is 0. The zero-order chi connectivity index (χ0) is 18.2. The van der Waals surface area contributed by atoms with Crippen LogP contribution < -0.4 is 10.8 Å². The molecule has 2 aromatic rings. The Labute approximate surface area is 160 Å². The highest BCUT2D eigenvalue weighted by Gasteiger charge is 2.15. The fourth-order valence-corrected chi connectivity index (χ4v) is 3.72. The standard InChI is InChI=1S/C21H27ClN2O2/c22-20(23-19-9-3-1-2-4-10-19)13-14-26-24-21(25)18-12-11-16-7-5-6-8-17(16)15-18/h5-8,11-12,15,19-20,23H,1-4,9-10,13-14H2,(H,24,25). The molecule has 2 aromatic carbocycles. The number of fused-ring (bicyclic) bond motifs is 1. The minimum absolute atomic E-state index is 0.129. The SMILES string of the molecule is O=C(NOCCC(Cl)NC1CCCCCC1)c1ccc2ccccc2c1. The van der Waals surface area contributed by atoms with E-state index < -0.39 is 0 Å². The zero-order valence-electron chi connectivity index (χ0n) is 15.0. The predicted molar refractivity (Wildman–Crippen MR) is 106 cm³/mol. The van der Waals surface area contributed by atoms with Gasteiger partial charge in [-0.15, -0.1) is 11.6 Å². The van der Waals surface area contributed by atoms with Crippen molar-refractivity contribution in [3.63, 3.8) is 0 Å². The van der Waals surface area contributed by atoms with Gasteiger partial charge in [-0.25, -0.2) is 5.48 Å². The van der Waals surface area contributed by atoms with E-state index in [1.165, 1.54) is 38.5 Å². The van der Waals surface area contributed by atoms with Gasteiger partial charge in [0.05, 0.1) is 12.1 Å². The van der Waals surface area contributed by atoms with Gasteiger partial charge in [-0.05, 0) is 35.7 Å². The van der Waals surface area contributed by atoms with Crippen LogP contribution in [0.4, 0.5) is 0 Å². The number of carbonyl (C=O) groups excluding carboxylic acids is 1. The Hall–Kier alpha value is -1.62. The van der Waals surface area contributed by atoms with Crippen LogP contribution >= 0.6 is 11.6 Å². The van der Waals surface area contributed by atoms with Gasteiger partial charge in [0.25, 0.3) is 5.91 Å². The van der Waals surface area contributed by atoms with Crippen LogP contribution in [0.15, 0.2) is 42.5 Å². The van der Waals surface area contributed by atoms with Crippen LogP contribution in [0.1, 0.15) is 55.3 Å². The molecule has 0 spiro atoms. The number of amides is 1. The summed E-state index contributed by atoms with van der Waals surface area (Å²) in [7, 11) is 0. The van der Waals surface area contributed by atoms with Crippen molar-refractivity contribution in [2.45, 2.75) is 56.5 Å². The van der Waals surface area contributed by atoms with Gasteiger partial charge in [-0.3, -0.25) is 14.9 Å². The van der Waals surface area contributed by atoms with E-state index in [4.69, 9.17) is 16.4 Å². The van der Waals surface area contributed by atoms with Gasteiger partial charge >= 0.3 is 0 Å². The molecule has 140 valence electrons. The second-order valence-corrected chi connectivity index (χ2v) is 7.48. The van der Waals surface area contributed by atoms with Crippen molar-refractivity contribution >= 4 is 28.3 Å². The van der Waals surface area contributed by atoms with Crippen molar-refractivity contribution in [2.75, 3.05) is 6.61 Å². The lowest BCUT2D eigenvalue weighted by molar-refractivity contribution is 0.0293. The van der Waals surface area contributed by atoms with Gasteiger partial charge < -0.3 is 0 Å². The molecule has 1 amide bonds. The van der Waals surface area contributed by atoms with Gasteiger partial charge in [0.2, 0.25) is 0 Å². The summed E-state index contributed by atoms with van der Waals surface area (Å²) in [6, 6.07) is 14.1. The number of benzene rings is 2. The molecule has 0 aromatic heterocycles. The molecule has 3 rings (SSSR count). The third kappa shape index (κ3) is 5.70. The molecule has 0 aliphatic heterocycles. The van der Waals surface area contributed by atoms with Gasteiger partial charge in [0.1, 0.15) is 0 Å². The molecule has 0 bridgehead atoms. The van der Waals surface area contributed by atoms with Crippen molar-refractivity contribution in [3.8, 4) is 0 Å². The summed E-state index contributed by atoms with van der Waals surface area (Å²) in [4.78, 5) is 17.5. The Morgan fingerprint density at radius 1 is 1.08 bits per heavy atom. The maximum atomic E-state index is 12.2. The zero-order valence-corrected chi connectivity index (χ0v) is 15.8. The van der Waals surface area contributed by atoms with Crippen molar-refractivity contribution in [2.24, 2.45) is 0 Å². The molecule has 26 heavy (non-hydrogen) atoms. The van der Waals surface area contributed by atoms with Gasteiger partial charge in [0.15, 0.2) is 0 Å². The van der Waals surface area contributed by atoms with Crippen LogP contribution in [0.2, 0.25) is 0 Å². The van der Waals surface area contributed by atoms with E-state index >= 15 is 0 Å². The summed E-state index contributed by atoms with van der Waals surface area (Å²) in [6.07, 6.45) is 8.25. The third-order valence-corrected chi connectivity index (χ3v) is 5.27. The predicted octanol–water partition coefficient (Wildman–Crippen LogP) is 4.77. The third-order valence-electron chi connectivity index (χ3n) is 4.92. The highest BCUT2D eigenvalue weighted by atomic mass is 35.5. The van der Waals surface area contributed by atoms with Crippen LogP contribution in [-0.2, 0) is 4.84 Å². The molecular formula is C21H27ClN2O2. The summed E-state index contributed by atoms with van der Waals surface area (Å²) in [6.45, 7) is 0.382. The average molecular weight is 375 g/mol. The first-order chi connectivity index (χ1) is 12.7. The summed E-state index contributed by atoms with van der Waals surface area (Å²) in [5.74, 6) is -0.237. The Balaban J connectivity index is 1.38. The molecule has 0 heterocycles. The highest BCUT2D eigenvalue weighted by Crippen LogP contribution is 2.18. The molecule has 0 radical (unpaired) electrons. The number of carbonyl (C=O) groups is 1. The Kier molecular flexibility index (Phi) is 7.30. The number of alkyl halides is 1. The minimum atomic E-state index is -0.237. The summed E-state index contributed by atoms with van der Waals surface area (Å²) >= 11 is 6.36. The molecule has 1 aliphatic carbocycles. The van der Waals surface area contributed by atoms with Crippen molar-refractivity contribution in [1.29, 1.82) is 0 Å². The molecule has 1 aliphatic rings. The number of halogens is 1. The fraction of sp³-hybridized carbons (Fsp3) is 0.476. The first kappa shape index (κ1) is 19.2. The van der Waals surface area contributed by atoms with Gasteiger partial charge in [-0.2, -0.15) is 0 Å². The first-order valence-corrected chi connectivity index (χ1v) is 9.97. The van der Waals surface area contributed by atoms with Gasteiger partial charge in [0, 0.05) is 18.0 Å². The van der Waals surface area contributed by atoms with Crippen LogP contribution in [-0.4, -0.2) is 24.1 Å². The van der Waals surface area contributed by atoms with E-state index in [0.29, 0.717) is 24.6 Å². The monoisotopic (exact) mass is 374 g/mol. The number of rotatable bonds is 7. The van der Waals surface area contributed by atoms with E-state index in [2.05, 4.69) is 10.8 Å². The van der Waals surface area contributed by atoms with Gasteiger partial charge in [-0.1, -0.05) is 56.0 Å². The normalized spacial score (nSPS) is 17.0. The average Bonchev–Trinajstić information content (AvgIpc) is 2.93. The molecule has 5 heteroatoms. The molecule has 0 saturated heterocycles. The van der Waals surface area contributed by atoms with E-state index in [-0.39, 0.29) is 11.4 Å². The summed E-state index contributed by atoms with van der Waals surface area (Å²) in [5, 5.41) is 5.62. The molecule has 1 fully saturated rings. The van der Waals surface area contributed by atoms with Crippen LogP contribution in [0.25, 0.3) is 10.8 Å². The van der Waals surface area contributed by atoms with E-state index in [0.717, 1.165) is 10.8 Å². The van der Waals surface area contributed by atoms with Crippen molar-refractivity contribution in [3.05, 3.63) is 48.0 Å². The minimum Gasteiger partial charge on any atom is -0.298 e. The number of hydroxylamine groups is 1. The molecule has 1 unspecified atom stereocenters. The quantitative estimate of drug-likeness (QED) is 0.241. The molecule has 1 atom stereocenters. The lowest BCUT2D eigenvalue weighted by Crippen LogP contribution is -2.36. The number of hydrogen-bond donors (Lipinski definition) is 2. The molecule has 2 N–H and O–H groups in total. The lowest BCUT2D eigenvalue weighted by atomic mass is 10.1.